The number of rotatable bonds is 10. The summed E-state index contributed by atoms with van der Waals surface area (Å²) in [7, 11) is 0. The minimum atomic E-state index is -4.93. The molecule has 366 valence electrons. The van der Waals surface area contributed by atoms with Crippen LogP contribution in [0.15, 0.2) is 78.9 Å². The van der Waals surface area contributed by atoms with Gasteiger partial charge in [-0.2, -0.15) is 13.2 Å². The molecule has 9 rings (SSSR count). The van der Waals surface area contributed by atoms with Gasteiger partial charge in [-0.15, -0.1) is 0 Å². The fourth-order valence-corrected chi connectivity index (χ4v) is 10.3. The molecule has 4 heterocycles. The van der Waals surface area contributed by atoms with Crippen molar-refractivity contribution in [2.24, 2.45) is 5.92 Å². The number of benzene rings is 5. The molecule has 5 aromatic carbocycles. The van der Waals surface area contributed by atoms with Gasteiger partial charge in [0.15, 0.2) is 0 Å². The molecule has 0 spiro atoms. The molecule has 1 atom stereocenters. The normalized spacial score (nSPS) is 17.7. The van der Waals surface area contributed by atoms with Crippen LogP contribution in [0.4, 0.5) is 27.6 Å². The molecule has 4 N–H and O–H groups in total. The number of amides is 4. The molecule has 4 aliphatic heterocycles. The van der Waals surface area contributed by atoms with Crippen molar-refractivity contribution in [2.45, 2.75) is 71.0 Å². The van der Waals surface area contributed by atoms with Crippen LogP contribution in [0.1, 0.15) is 114 Å². The number of likely N-dealkylation sites (tertiary alicyclic amines) is 1. The van der Waals surface area contributed by atoms with E-state index < -0.39 is 46.8 Å². The zero-order valence-corrected chi connectivity index (χ0v) is 39.1. The lowest BCUT2D eigenvalue weighted by Crippen LogP contribution is -2.51. The third-order valence-electron chi connectivity index (χ3n) is 13.8. The topological polar surface area (TPSA) is 146 Å². The molecule has 0 saturated carbocycles. The lowest BCUT2D eigenvalue weighted by Gasteiger charge is -2.38. The zero-order chi connectivity index (χ0) is 49.8. The van der Waals surface area contributed by atoms with Gasteiger partial charge in [0, 0.05) is 97.3 Å². The molecular formula is C52H50ClF5N6O6. The van der Waals surface area contributed by atoms with E-state index in [-0.39, 0.29) is 80.7 Å². The number of aromatic hydroxyl groups is 2. The number of hydrogen-bond acceptors (Lipinski definition) is 8. The fourth-order valence-electron chi connectivity index (χ4n) is 10.1. The van der Waals surface area contributed by atoms with Crippen LogP contribution in [-0.2, 0) is 37.1 Å². The highest BCUT2D eigenvalue weighted by Crippen LogP contribution is 2.41. The molecule has 1 unspecified atom stereocenters. The maximum absolute atomic E-state index is 14.5. The second-order valence-electron chi connectivity index (χ2n) is 18.9. The number of fused-ring (bicyclic) bond motifs is 2. The minimum absolute atomic E-state index is 0.0333. The second kappa shape index (κ2) is 19.3. The Labute approximate surface area is 405 Å². The Morgan fingerprint density at radius 1 is 0.771 bits per heavy atom. The highest BCUT2D eigenvalue weighted by molar-refractivity contribution is 6.31. The van der Waals surface area contributed by atoms with Crippen LogP contribution in [0.3, 0.4) is 0 Å². The summed E-state index contributed by atoms with van der Waals surface area (Å²) in [6.45, 7) is 8.97. The first-order chi connectivity index (χ1) is 33.3. The predicted molar refractivity (Wildman–Crippen MR) is 250 cm³/mol. The van der Waals surface area contributed by atoms with Gasteiger partial charge in [-0.1, -0.05) is 43.6 Å². The summed E-state index contributed by atoms with van der Waals surface area (Å²) in [6.07, 6.45) is -3.53. The molecule has 5 aromatic rings. The van der Waals surface area contributed by atoms with E-state index >= 15 is 0 Å². The number of alkyl halides is 3. The first kappa shape index (κ1) is 48.5. The molecule has 2 saturated heterocycles. The Kier molecular flexibility index (Phi) is 13.4. The molecule has 0 radical (unpaired) electrons. The van der Waals surface area contributed by atoms with E-state index in [4.69, 9.17) is 11.6 Å². The maximum atomic E-state index is 14.5. The highest BCUT2D eigenvalue weighted by atomic mass is 35.5. The van der Waals surface area contributed by atoms with Crippen LogP contribution in [0.5, 0.6) is 11.5 Å². The highest BCUT2D eigenvalue weighted by Gasteiger charge is 2.37. The number of piperidine rings is 1. The van der Waals surface area contributed by atoms with Crippen molar-refractivity contribution in [3.8, 4) is 11.5 Å². The van der Waals surface area contributed by atoms with Gasteiger partial charge in [0.25, 0.3) is 17.7 Å². The van der Waals surface area contributed by atoms with Gasteiger partial charge < -0.3 is 30.6 Å². The van der Waals surface area contributed by atoms with Crippen molar-refractivity contribution in [1.82, 2.24) is 24.9 Å². The summed E-state index contributed by atoms with van der Waals surface area (Å²) >= 11 is 6.45. The van der Waals surface area contributed by atoms with Crippen molar-refractivity contribution in [1.29, 1.82) is 0 Å². The van der Waals surface area contributed by atoms with E-state index in [1.54, 1.807) is 23.1 Å². The van der Waals surface area contributed by atoms with Crippen LogP contribution < -0.4 is 10.6 Å². The summed E-state index contributed by atoms with van der Waals surface area (Å²) in [6, 6.07) is 16.3. The summed E-state index contributed by atoms with van der Waals surface area (Å²) in [5, 5.41) is 26.3. The Bertz CT molecular complexity index is 2920. The van der Waals surface area contributed by atoms with Gasteiger partial charge in [-0.25, -0.2) is 8.78 Å². The van der Waals surface area contributed by atoms with Gasteiger partial charge in [0.1, 0.15) is 23.1 Å². The third kappa shape index (κ3) is 10.1. The molecule has 4 aliphatic rings. The fraction of sp³-hybridized carbons (Fsp3) is 0.346. The van der Waals surface area contributed by atoms with Crippen molar-refractivity contribution < 1.29 is 51.3 Å². The first-order valence-corrected chi connectivity index (χ1v) is 23.5. The van der Waals surface area contributed by atoms with E-state index in [9.17, 15) is 51.3 Å². The van der Waals surface area contributed by atoms with Crippen molar-refractivity contribution >= 4 is 40.9 Å². The monoisotopic (exact) mass is 984 g/mol. The van der Waals surface area contributed by atoms with E-state index in [0.717, 1.165) is 41.9 Å². The van der Waals surface area contributed by atoms with Gasteiger partial charge in [-0.3, -0.25) is 29.0 Å². The molecule has 70 heavy (non-hydrogen) atoms. The number of phenolic OH excluding ortho intramolecular Hbond substituents is 2. The number of carbonyl (C=O) groups is 4. The number of nitrogens with zero attached hydrogens (tertiary/aromatic N) is 4. The second-order valence-corrected chi connectivity index (χ2v) is 19.3. The van der Waals surface area contributed by atoms with Crippen LogP contribution >= 0.6 is 11.6 Å². The van der Waals surface area contributed by atoms with E-state index in [2.05, 4.69) is 32.6 Å². The van der Waals surface area contributed by atoms with Crippen LogP contribution in [0, 0.1) is 17.6 Å². The van der Waals surface area contributed by atoms with Gasteiger partial charge >= 0.3 is 6.18 Å². The van der Waals surface area contributed by atoms with Crippen LogP contribution in [-0.4, -0.2) is 92.7 Å². The third-order valence-corrected chi connectivity index (χ3v) is 14.1. The quantitative estimate of drug-likeness (QED) is 0.102. The number of nitrogens with one attached hydrogen (secondary N) is 2. The summed E-state index contributed by atoms with van der Waals surface area (Å²) < 4.78 is 69.6. The van der Waals surface area contributed by atoms with Crippen molar-refractivity contribution in [2.75, 3.05) is 44.6 Å². The van der Waals surface area contributed by atoms with E-state index in [0.29, 0.717) is 81.9 Å². The van der Waals surface area contributed by atoms with Gasteiger partial charge in [0.05, 0.1) is 17.2 Å². The Morgan fingerprint density at radius 2 is 1.47 bits per heavy atom. The number of anilines is 1. The van der Waals surface area contributed by atoms with Crippen molar-refractivity contribution in [3.63, 3.8) is 0 Å². The Hall–Kier alpha value is -6.56. The average Bonchev–Trinajstić information content (AvgIpc) is 3.90. The molecular weight excluding hydrogens is 935 g/mol. The van der Waals surface area contributed by atoms with Crippen LogP contribution in [0.2, 0.25) is 5.02 Å². The average molecular weight is 985 g/mol. The maximum Gasteiger partial charge on any atom is 0.416 e. The molecule has 0 aromatic heterocycles. The number of halogens is 6. The van der Waals surface area contributed by atoms with E-state index in [1.165, 1.54) is 12.1 Å². The first-order valence-electron chi connectivity index (χ1n) is 23.1. The van der Waals surface area contributed by atoms with Crippen molar-refractivity contribution in [3.05, 3.63) is 157 Å². The predicted octanol–water partition coefficient (Wildman–Crippen LogP) is 8.97. The molecule has 18 heteroatoms. The van der Waals surface area contributed by atoms with Crippen LogP contribution in [0.25, 0.3) is 0 Å². The molecule has 2 fully saturated rings. The molecule has 0 bridgehead atoms. The smallest absolute Gasteiger partial charge is 0.416 e. The SMILES string of the molecule is CC(C)c1cc(C(=O)N2Cc3ccc(CN4CCC(C(=O)N5CCN(Cc6cc(NC(=O)c7cc(F)cc(C(F)(F)F)c7)c7c(c6)C(=O)NC7c6cc(F)ccc6Cl)CC5)CC4)cc3C2)c(O)cc1O. The zero-order valence-electron chi connectivity index (χ0n) is 38.3. The number of piperazine rings is 1. The van der Waals surface area contributed by atoms with Gasteiger partial charge in [-0.05, 0) is 114 Å². The molecule has 12 nitrogen and oxygen atoms in total. The summed E-state index contributed by atoms with van der Waals surface area (Å²) in [4.78, 5) is 62.4. The number of carbonyl (C=O) groups excluding carboxylic acids is 4. The minimum Gasteiger partial charge on any atom is -0.508 e. The number of phenols is 2. The summed E-state index contributed by atoms with van der Waals surface area (Å²) in [5.74, 6) is -4.20. The standard InChI is InChI=1S/C52H50ClF5N6O6/c1-28(2)38-22-40(45(66)23-44(38)65)51(70)64-26-32-4-3-29(15-34(32)27-64)24-61-9-7-31(8-10-61)50(69)63-13-11-62(12-14-63)25-30-16-41-46(47(60-49(41)68)39-21-36(54)5-6-42(39)53)43(17-30)59-48(67)33-18-35(52(56,57)58)20-37(55)19-33/h3-6,15-23,28,31,47,65-66H,7-14,24-27H2,1-2H3,(H,59,67)(H,60,68). The molecule has 0 aliphatic carbocycles. The summed E-state index contributed by atoms with van der Waals surface area (Å²) in [5.41, 5.74) is 3.13. The Morgan fingerprint density at radius 3 is 2.19 bits per heavy atom. The Balaban J connectivity index is 0.814. The van der Waals surface area contributed by atoms with E-state index in [1.807, 2.05) is 24.8 Å². The largest absolute Gasteiger partial charge is 0.508 e. The lowest BCUT2D eigenvalue weighted by molar-refractivity contribution is -0.139. The van der Waals surface area contributed by atoms with Gasteiger partial charge in [0.2, 0.25) is 5.91 Å². The number of hydrogen-bond donors (Lipinski definition) is 4. The lowest BCUT2D eigenvalue weighted by atomic mass is 9.94. The molecule has 4 amide bonds.